The molecule has 2 heterocycles. The Bertz CT molecular complexity index is 1480. The third kappa shape index (κ3) is 7.37. The van der Waals surface area contributed by atoms with Gasteiger partial charge < -0.3 is 19.9 Å². The average Bonchev–Trinajstić information content (AvgIpc) is 3.23. The summed E-state index contributed by atoms with van der Waals surface area (Å²) in [6.45, 7) is 5.33. The second-order valence-corrected chi connectivity index (χ2v) is 10.2. The number of rotatable bonds is 8. The molecule has 4 rings (SSSR count). The lowest BCUT2D eigenvalue weighted by molar-refractivity contribution is -0.138. The Balaban J connectivity index is 1.59. The molecule has 0 radical (unpaired) electrons. The highest BCUT2D eigenvalue weighted by molar-refractivity contribution is 5.86. The van der Waals surface area contributed by atoms with Gasteiger partial charge in [-0.2, -0.15) is 13.2 Å². The second-order valence-electron chi connectivity index (χ2n) is 10.2. The summed E-state index contributed by atoms with van der Waals surface area (Å²) in [7, 11) is 0. The van der Waals surface area contributed by atoms with Crippen molar-refractivity contribution in [3.63, 3.8) is 0 Å². The average molecular weight is 554 g/mol. The lowest BCUT2D eigenvalue weighted by atomic mass is 9.99. The third-order valence-corrected chi connectivity index (χ3v) is 5.94. The fraction of sp³-hybridized carbons (Fsp3) is 0.310. The maximum Gasteiger partial charge on any atom is 0.416 e. The molecule has 0 aliphatic carbocycles. The zero-order chi connectivity index (χ0) is 28.9. The first kappa shape index (κ1) is 28.6. The molecular formula is C29H30F3N5O3. The molecule has 0 spiro atoms. The number of fused-ring (bicyclic) bond motifs is 1. The van der Waals surface area contributed by atoms with Gasteiger partial charge in [-0.15, -0.1) is 0 Å². The largest absolute Gasteiger partial charge is 0.444 e. The molecule has 0 aliphatic rings. The van der Waals surface area contributed by atoms with Crippen molar-refractivity contribution in [1.82, 2.24) is 25.2 Å². The Morgan fingerprint density at radius 3 is 2.38 bits per heavy atom. The molecule has 2 amide bonds. The van der Waals surface area contributed by atoms with Crippen molar-refractivity contribution < 1.29 is 27.5 Å². The molecule has 4 aromatic rings. The van der Waals surface area contributed by atoms with Gasteiger partial charge in [-0.3, -0.25) is 4.79 Å². The highest BCUT2D eigenvalue weighted by Crippen LogP contribution is 2.32. The summed E-state index contributed by atoms with van der Waals surface area (Å²) in [6.07, 6.45) is -4.30. The number of hydrogen-bond donors (Lipinski definition) is 2. The van der Waals surface area contributed by atoms with Gasteiger partial charge in [0.05, 0.1) is 18.7 Å². The van der Waals surface area contributed by atoms with Crippen molar-refractivity contribution in [2.24, 2.45) is 0 Å². The lowest BCUT2D eigenvalue weighted by Crippen LogP contribution is -2.49. The fourth-order valence-corrected chi connectivity index (χ4v) is 4.22. The van der Waals surface area contributed by atoms with E-state index in [4.69, 9.17) is 4.74 Å². The molecule has 210 valence electrons. The Morgan fingerprint density at radius 1 is 0.975 bits per heavy atom. The number of halogens is 3. The predicted molar refractivity (Wildman–Crippen MR) is 143 cm³/mol. The number of carbonyl (C=O) groups excluding carboxylic acids is 2. The van der Waals surface area contributed by atoms with Crippen LogP contribution >= 0.6 is 0 Å². The minimum atomic E-state index is -4.63. The van der Waals surface area contributed by atoms with Gasteiger partial charge in [0.15, 0.2) is 5.65 Å². The SMILES string of the molecule is CC(C)(C)OC(=O)N[C@H](Cc1ccccc1C(F)(F)F)C(=O)NCc1nc2cccnc2n1Cc1ccccc1. The quantitative estimate of drug-likeness (QED) is 0.311. The zero-order valence-electron chi connectivity index (χ0n) is 22.3. The minimum absolute atomic E-state index is 0.0462. The normalized spacial score (nSPS) is 12.7. The molecule has 2 aromatic carbocycles. The molecule has 0 saturated carbocycles. The van der Waals surface area contributed by atoms with E-state index in [-0.39, 0.29) is 12.1 Å². The number of alkyl carbamates (subject to hydrolysis) is 1. The van der Waals surface area contributed by atoms with Gasteiger partial charge in [0.2, 0.25) is 5.91 Å². The molecular weight excluding hydrogens is 523 g/mol. The van der Waals surface area contributed by atoms with E-state index in [1.165, 1.54) is 18.2 Å². The number of carbonyl (C=O) groups is 2. The molecule has 0 fully saturated rings. The van der Waals surface area contributed by atoms with E-state index >= 15 is 0 Å². The summed E-state index contributed by atoms with van der Waals surface area (Å²) in [4.78, 5) is 34.9. The zero-order valence-corrected chi connectivity index (χ0v) is 22.3. The monoisotopic (exact) mass is 553 g/mol. The van der Waals surface area contributed by atoms with Crippen LogP contribution in [-0.4, -0.2) is 38.2 Å². The number of aromatic nitrogens is 3. The highest BCUT2D eigenvalue weighted by Gasteiger charge is 2.35. The Hall–Kier alpha value is -4.41. The van der Waals surface area contributed by atoms with Crippen LogP contribution in [0.15, 0.2) is 72.9 Å². The van der Waals surface area contributed by atoms with E-state index in [9.17, 15) is 22.8 Å². The van der Waals surface area contributed by atoms with Crippen molar-refractivity contribution in [2.75, 3.05) is 0 Å². The summed E-state index contributed by atoms with van der Waals surface area (Å²) in [6, 6.07) is 16.8. The standard InChI is InChI=1S/C29H30F3N5O3/c1-28(2,3)40-27(39)36-23(16-20-12-7-8-13-21(20)29(30,31)32)26(38)34-17-24-35-22-14-9-15-33-25(22)37(24)18-19-10-5-4-6-11-19/h4-15,23H,16-18H2,1-3H3,(H,34,38)(H,36,39)/t23-/m1/s1. The van der Waals surface area contributed by atoms with Crippen LogP contribution in [0, 0.1) is 0 Å². The summed E-state index contributed by atoms with van der Waals surface area (Å²) >= 11 is 0. The van der Waals surface area contributed by atoms with Gasteiger partial charge in [0, 0.05) is 12.6 Å². The van der Waals surface area contributed by atoms with Gasteiger partial charge in [0.1, 0.15) is 23.0 Å². The summed E-state index contributed by atoms with van der Waals surface area (Å²) in [5, 5.41) is 5.17. The smallest absolute Gasteiger partial charge is 0.416 e. The van der Waals surface area contributed by atoms with Crippen LogP contribution in [0.4, 0.5) is 18.0 Å². The van der Waals surface area contributed by atoms with Crippen LogP contribution < -0.4 is 10.6 Å². The van der Waals surface area contributed by atoms with Gasteiger partial charge in [0.25, 0.3) is 0 Å². The van der Waals surface area contributed by atoms with E-state index in [0.717, 1.165) is 11.6 Å². The van der Waals surface area contributed by atoms with Crippen LogP contribution in [0.25, 0.3) is 11.2 Å². The first-order valence-corrected chi connectivity index (χ1v) is 12.7. The Kier molecular flexibility index (Phi) is 8.41. The number of ether oxygens (including phenoxy) is 1. The molecule has 40 heavy (non-hydrogen) atoms. The summed E-state index contributed by atoms with van der Waals surface area (Å²) < 4.78 is 48.1. The molecule has 2 N–H and O–H groups in total. The van der Waals surface area contributed by atoms with Gasteiger partial charge in [-0.1, -0.05) is 48.5 Å². The van der Waals surface area contributed by atoms with E-state index in [1.54, 1.807) is 39.1 Å². The number of imidazole rings is 1. The van der Waals surface area contributed by atoms with Crippen LogP contribution in [0.1, 0.15) is 43.3 Å². The summed E-state index contributed by atoms with van der Waals surface area (Å²) in [5.74, 6) is -0.188. The van der Waals surface area contributed by atoms with Gasteiger partial charge >= 0.3 is 12.3 Å². The number of nitrogens with zero attached hydrogens (tertiary/aromatic N) is 3. The first-order chi connectivity index (χ1) is 18.9. The van der Waals surface area contributed by atoms with Crippen LogP contribution in [-0.2, 0) is 35.2 Å². The first-order valence-electron chi connectivity index (χ1n) is 12.7. The van der Waals surface area contributed by atoms with Crippen LogP contribution in [0.5, 0.6) is 0 Å². The maximum absolute atomic E-state index is 13.6. The van der Waals surface area contributed by atoms with E-state index < -0.39 is 41.8 Å². The van der Waals surface area contributed by atoms with Crippen molar-refractivity contribution in [2.45, 2.75) is 58.1 Å². The maximum atomic E-state index is 13.6. The molecule has 8 nitrogen and oxygen atoms in total. The van der Waals surface area contributed by atoms with Crippen molar-refractivity contribution >= 4 is 23.2 Å². The number of amides is 2. The van der Waals surface area contributed by atoms with Crippen LogP contribution in [0.3, 0.4) is 0 Å². The number of pyridine rings is 1. The van der Waals surface area contributed by atoms with Gasteiger partial charge in [-0.05, 0) is 50.1 Å². The predicted octanol–water partition coefficient (Wildman–Crippen LogP) is 5.25. The minimum Gasteiger partial charge on any atom is -0.444 e. The van der Waals surface area contributed by atoms with E-state index in [2.05, 4.69) is 20.6 Å². The molecule has 0 saturated heterocycles. The molecule has 11 heteroatoms. The number of nitrogens with one attached hydrogen (secondary N) is 2. The van der Waals surface area contributed by atoms with Crippen molar-refractivity contribution in [1.29, 1.82) is 0 Å². The Labute approximate surface area is 229 Å². The third-order valence-electron chi connectivity index (χ3n) is 5.94. The topological polar surface area (TPSA) is 98.1 Å². The fourth-order valence-electron chi connectivity index (χ4n) is 4.22. The van der Waals surface area contributed by atoms with Gasteiger partial charge in [-0.25, -0.2) is 14.8 Å². The van der Waals surface area contributed by atoms with Crippen LogP contribution in [0.2, 0.25) is 0 Å². The van der Waals surface area contributed by atoms with E-state index in [1.807, 2.05) is 34.9 Å². The molecule has 0 unspecified atom stereocenters. The molecule has 0 aliphatic heterocycles. The molecule has 2 aromatic heterocycles. The number of benzene rings is 2. The Morgan fingerprint density at radius 2 is 1.68 bits per heavy atom. The number of hydrogen-bond acceptors (Lipinski definition) is 5. The van der Waals surface area contributed by atoms with Crippen molar-refractivity contribution in [3.05, 3.63) is 95.4 Å². The van der Waals surface area contributed by atoms with E-state index in [0.29, 0.717) is 23.5 Å². The molecule has 1 atom stereocenters. The highest BCUT2D eigenvalue weighted by atomic mass is 19.4. The lowest BCUT2D eigenvalue weighted by Gasteiger charge is -2.24. The second kappa shape index (κ2) is 11.8. The number of alkyl halides is 3. The summed E-state index contributed by atoms with van der Waals surface area (Å²) in [5.41, 5.74) is 0.363. The molecule has 0 bridgehead atoms. The van der Waals surface area contributed by atoms with Crippen molar-refractivity contribution in [3.8, 4) is 0 Å².